The van der Waals surface area contributed by atoms with E-state index in [-0.39, 0.29) is 5.41 Å². The number of hydrogen-bond donors (Lipinski definition) is 2. The van der Waals surface area contributed by atoms with E-state index in [4.69, 9.17) is 5.84 Å². The van der Waals surface area contributed by atoms with Gasteiger partial charge in [-0.2, -0.15) is 0 Å². The van der Waals surface area contributed by atoms with Gasteiger partial charge in [0.25, 0.3) is 0 Å². The average molecular weight is 182 g/mol. The Hall–Kier alpha value is -0.340. The number of nitrogens with one attached hydrogen (secondary N) is 1. The molecule has 1 aliphatic carbocycles. The summed E-state index contributed by atoms with van der Waals surface area (Å²) >= 11 is 0. The summed E-state index contributed by atoms with van der Waals surface area (Å²) in [6, 6.07) is 0.341. The largest absolute Gasteiger partial charge is 0.271 e. The lowest BCUT2D eigenvalue weighted by Crippen LogP contribution is -2.45. The maximum Gasteiger partial charge on any atom is 0.0468 e. The van der Waals surface area contributed by atoms with Gasteiger partial charge >= 0.3 is 0 Å². The van der Waals surface area contributed by atoms with Crippen molar-refractivity contribution in [2.24, 2.45) is 11.3 Å². The lowest BCUT2D eigenvalue weighted by Gasteiger charge is -2.33. The molecule has 0 aromatic carbocycles. The van der Waals surface area contributed by atoms with E-state index in [0.717, 1.165) is 0 Å². The van der Waals surface area contributed by atoms with E-state index in [9.17, 15) is 0 Å². The first kappa shape index (κ1) is 10.7. The van der Waals surface area contributed by atoms with Gasteiger partial charge in [-0.15, -0.1) is 0 Å². The zero-order chi connectivity index (χ0) is 9.90. The highest BCUT2D eigenvalue weighted by Gasteiger charge is 2.27. The minimum atomic E-state index is 0.220. The highest BCUT2D eigenvalue weighted by Crippen LogP contribution is 2.30. The fraction of sp³-hybridized carbons (Fsp3) is 0.818. The molecule has 2 heteroatoms. The summed E-state index contributed by atoms with van der Waals surface area (Å²) in [6.45, 7) is 6.69. The SMILES string of the molecule is CC(C)(C)C(NN)C1=CCCCC1. The number of hydrazine groups is 1. The van der Waals surface area contributed by atoms with Crippen LogP contribution in [0.2, 0.25) is 0 Å². The molecule has 1 rings (SSSR count). The lowest BCUT2D eigenvalue weighted by molar-refractivity contribution is 0.295. The molecular formula is C11H22N2. The van der Waals surface area contributed by atoms with Crippen molar-refractivity contribution in [1.29, 1.82) is 0 Å². The molecule has 0 amide bonds. The van der Waals surface area contributed by atoms with Gasteiger partial charge in [-0.1, -0.05) is 32.4 Å². The van der Waals surface area contributed by atoms with E-state index in [2.05, 4.69) is 32.3 Å². The summed E-state index contributed by atoms with van der Waals surface area (Å²) in [4.78, 5) is 0. The summed E-state index contributed by atoms with van der Waals surface area (Å²) < 4.78 is 0. The smallest absolute Gasteiger partial charge is 0.0468 e. The molecule has 76 valence electrons. The fourth-order valence-electron chi connectivity index (χ4n) is 2.04. The molecule has 0 fully saturated rings. The van der Waals surface area contributed by atoms with E-state index < -0.39 is 0 Å². The average Bonchev–Trinajstić information content (AvgIpc) is 2.05. The third kappa shape index (κ3) is 2.82. The quantitative estimate of drug-likeness (QED) is 0.391. The maximum atomic E-state index is 5.60. The minimum Gasteiger partial charge on any atom is -0.271 e. The first-order valence-corrected chi connectivity index (χ1v) is 5.21. The van der Waals surface area contributed by atoms with Crippen LogP contribution >= 0.6 is 0 Å². The van der Waals surface area contributed by atoms with Crippen LogP contribution in [0.1, 0.15) is 46.5 Å². The lowest BCUT2D eigenvalue weighted by atomic mass is 9.79. The van der Waals surface area contributed by atoms with E-state index in [1.165, 1.54) is 31.3 Å². The van der Waals surface area contributed by atoms with Crippen LogP contribution in [0.25, 0.3) is 0 Å². The third-order valence-corrected chi connectivity index (χ3v) is 2.73. The van der Waals surface area contributed by atoms with Gasteiger partial charge in [0, 0.05) is 6.04 Å². The minimum absolute atomic E-state index is 0.220. The third-order valence-electron chi connectivity index (χ3n) is 2.73. The molecule has 0 saturated carbocycles. The van der Waals surface area contributed by atoms with Crippen LogP contribution in [0.3, 0.4) is 0 Å². The first-order valence-electron chi connectivity index (χ1n) is 5.21. The topological polar surface area (TPSA) is 38.0 Å². The van der Waals surface area contributed by atoms with Crippen molar-refractivity contribution < 1.29 is 0 Å². The molecule has 0 radical (unpaired) electrons. The Morgan fingerprint density at radius 3 is 2.46 bits per heavy atom. The van der Waals surface area contributed by atoms with E-state index in [0.29, 0.717) is 6.04 Å². The fourth-order valence-corrected chi connectivity index (χ4v) is 2.04. The van der Waals surface area contributed by atoms with E-state index in [1.54, 1.807) is 0 Å². The predicted molar refractivity (Wildman–Crippen MR) is 57.1 cm³/mol. The number of nitrogens with two attached hydrogens (primary N) is 1. The Labute approximate surface area is 81.6 Å². The van der Waals surface area contributed by atoms with Crippen LogP contribution in [0.4, 0.5) is 0 Å². The first-order chi connectivity index (χ1) is 6.05. The Morgan fingerprint density at radius 1 is 1.38 bits per heavy atom. The van der Waals surface area contributed by atoms with Crippen LogP contribution in [0.15, 0.2) is 11.6 Å². The maximum absolute atomic E-state index is 5.60. The Morgan fingerprint density at radius 2 is 2.08 bits per heavy atom. The second-order valence-corrected chi connectivity index (χ2v) is 4.99. The monoisotopic (exact) mass is 182 g/mol. The molecule has 0 heterocycles. The molecule has 2 nitrogen and oxygen atoms in total. The molecule has 0 spiro atoms. The predicted octanol–water partition coefficient (Wildman–Crippen LogP) is 2.36. The van der Waals surface area contributed by atoms with Crippen LogP contribution in [0.5, 0.6) is 0 Å². The summed E-state index contributed by atoms with van der Waals surface area (Å²) in [5.74, 6) is 5.60. The Kier molecular flexibility index (Phi) is 3.51. The molecule has 3 N–H and O–H groups in total. The van der Waals surface area contributed by atoms with Gasteiger partial charge in [0.15, 0.2) is 0 Å². The van der Waals surface area contributed by atoms with Gasteiger partial charge in [-0.05, 0) is 31.1 Å². The van der Waals surface area contributed by atoms with Crippen molar-refractivity contribution in [3.63, 3.8) is 0 Å². The molecule has 0 bridgehead atoms. The van der Waals surface area contributed by atoms with Crippen LogP contribution < -0.4 is 11.3 Å². The second-order valence-electron chi connectivity index (χ2n) is 4.99. The molecule has 0 aromatic heterocycles. The standard InChI is InChI=1S/C11H22N2/c1-11(2,3)10(13-12)9-7-5-4-6-8-9/h7,10,13H,4-6,8,12H2,1-3H3. The summed E-state index contributed by atoms with van der Waals surface area (Å²) in [5, 5.41) is 0. The number of hydrogen-bond acceptors (Lipinski definition) is 2. The Bertz CT molecular complexity index is 189. The summed E-state index contributed by atoms with van der Waals surface area (Å²) in [5.41, 5.74) is 4.66. The Balaban J connectivity index is 2.70. The highest BCUT2D eigenvalue weighted by molar-refractivity contribution is 5.15. The van der Waals surface area contributed by atoms with Gasteiger partial charge in [-0.25, -0.2) is 0 Å². The van der Waals surface area contributed by atoms with Crippen molar-refractivity contribution in [3.8, 4) is 0 Å². The normalized spacial score (nSPS) is 21.1. The molecular weight excluding hydrogens is 160 g/mol. The highest BCUT2D eigenvalue weighted by atomic mass is 15.2. The van der Waals surface area contributed by atoms with E-state index in [1.807, 2.05) is 0 Å². The molecule has 1 atom stereocenters. The summed E-state index contributed by atoms with van der Waals surface area (Å²) in [7, 11) is 0. The van der Waals surface area contributed by atoms with Gasteiger partial charge < -0.3 is 0 Å². The molecule has 13 heavy (non-hydrogen) atoms. The number of allylic oxidation sites excluding steroid dienone is 1. The van der Waals surface area contributed by atoms with Crippen LogP contribution in [0, 0.1) is 5.41 Å². The van der Waals surface area contributed by atoms with Crippen molar-refractivity contribution in [2.45, 2.75) is 52.5 Å². The van der Waals surface area contributed by atoms with Gasteiger partial charge in [0.2, 0.25) is 0 Å². The van der Waals surface area contributed by atoms with Crippen molar-refractivity contribution >= 4 is 0 Å². The zero-order valence-corrected chi connectivity index (χ0v) is 9.06. The van der Waals surface area contributed by atoms with Crippen molar-refractivity contribution in [3.05, 3.63) is 11.6 Å². The second kappa shape index (κ2) is 4.25. The number of rotatable bonds is 2. The van der Waals surface area contributed by atoms with Gasteiger partial charge in [0.1, 0.15) is 0 Å². The molecule has 0 aromatic rings. The van der Waals surface area contributed by atoms with Crippen LogP contribution in [-0.2, 0) is 0 Å². The van der Waals surface area contributed by atoms with Crippen molar-refractivity contribution in [1.82, 2.24) is 5.43 Å². The van der Waals surface area contributed by atoms with Crippen molar-refractivity contribution in [2.75, 3.05) is 0 Å². The molecule has 0 aliphatic heterocycles. The molecule has 0 saturated heterocycles. The summed E-state index contributed by atoms with van der Waals surface area (Å²) in [6.07, 6.45) is 7.46. The van der Waals surface area contributed by atoms with Gasteiger partial charge in [-0.3, -0.25) is 11.3 Å². The van der Waals surface area contributed by atoms with Crippen LogP contribution in [-0.4, -0.2) is 6.04 Å². The molecule has 1 aliphatic rings. The van der Waals surface area contributed by atoms with E-state index >= 15 is 0 Å². The zero-order valence-electron chi connectivity index (χ0n) is 9.06. The van der Waals surface area contributed by atoms with Gasteiger partial charge in [0.05, 0.1) is 0 Å². The molecule has 1 unspecified atom stereocenters.